The van der Waals surface area contributed by atoms with Crippen LogP contribution in [0.3, 0.4) is 0 Å². The molecule has 0 spiro atoms. The summed E-state index contributed by atoms with van der Waals surface area (Å²) in [6, 6.07) is -0.690. The first kappa shape index (κ1) is 13.2. The lowest BCUT2D eigenvalue weighted by Gasteiger charge is -2.13. The maximum atomic E-state index is 11.8. The Morgan fingerprint density at radius 1 is 1.57 bits per heavy atom. The fraction of sp³-hybridized carbons (Fsp3) is 0.875. The highest BCUT2D eigenvalue weighted by molar-refractivity contribution is 5.81. The number of halogens is 2. The number of carbonyl (C=O) groups is 1. The van der Waals surface area contributed by atoms with Gasteiger partial charge in [-0.1, -0.05) is 13.3 Å². The number of aliphatic hydroxyl groups is 1. The number of carbonyl (C=O) groups excluding carboxylic acids is 1. The van der Waals surface area contributed by atoms with E-state index in [4.69, 9.17) is 10.8 Å². The molecule has 0 aliphatic heterocycles. The van der Waals surface area contributed by atoms with Crippen LogP contribution in [0.5, 0.6) is 0 Å². The van der Waals surface area contributed by atoms with Crippen LogP contribution in [0.15, 0.2) is 0 Å². The molecule has 1 unspecified atom stereocenters. The van der Waals surface area contributed by atoms with Crippen LogP contribution < -0.4 is 11.1 Å². The van der Waals surface area contributed by atoms with Gasteiger partial charge < -0.3 is 16.2 Å². The lowest BCUT2D eigenvalue weighted by atomic mass is 10.1. The zero-order valence-corrected chi connectivity index (χ0v) is 8.04. The molecule has 4 N–H and O–H groups in total. The molecular weight excluding hydrogens is 194 g/mol. The van der Waals surface area contributed by atoms with E-state index in [-0.39, 0.29) is 0 Å². The van der Waals surface area contributed by atoms with Crippen LogP contribution in [0.1, 0.15) is 19.8 Å². The van der Waals surface area contributed by atoms with Crippen LogP contribution >= 0.6 is 0 Å². The molecule has 4 nitrogen and oxygen atoms in total. The molecule has 84 valence electrons. The Hall–Kier alpha value is -0.750. The van der Waals surface area contributed by atoms with E-state index in [1.165, 1.54) is 0 Å². The smallest absolute Gasteiger partial charge is 0.265 e. The summed E-state index contributed by atoms with van der Waals surface area (Å²) in [6.07, 6.45) is -3.44. The predicted octanol–water partition coefficient (Wildman–Crippen LogP) is -0.144. The molecule has 0 aliphatic carbocycles. The van der Waals surface area contributed by atoms with Crippen molar-refractivity contribution in [3.63, 3.8) is 0 Å². The molecule has 0 radical (unpaired) electrons. The van der Waals surface area contributed by atoms with Crippen LogP contribution in [0.25, 0.3) is 0 Å². The van der Waals surface area contributed by atoms with Crippen LogP contribution in [0, 0.1) is 0 Å². The van der Waals surface area contributed by atoms with E-state index >= 15 is 0 Å². The fourth-order valence-electron chi connectivity index (χ4n) is 0.867. The van der Waals surface area contributed by atoms with Crippen molar-refractivity contribution in [3.8, 4) is 0 Å². The second-order valence-corrected chi connectivity index (χ2v) is 3.04. The first-order chi connectivity index (χ1) is 6.49. The minimum atomic E-state index is -2.85. The molecule has 0 aliphatic rings. The molecule has 0 fully saturated rings. The van der Waals surface area contributed by atoms with Crippen molar-refractivity contribution in [1.82, 2.24) is 5.32 Å². The summed E-state index contributed by atoms with van der Waals surface area (Å²) in [5, 5.41) is 10.8. The van der Waals surface area contributed by atoms with Crippen LogP contribution in [-0.2, 0) is 4.79 Å². The van der Waals surface area contributed by atoms with Crippen LogP contribution in [0.2, 0.25) is 0 Å². The molecule has 0 heterocycles. The van der Waals surface area contributed by atoms with Gasteiger partial charge in [0.25, 0.3) is 6.43 Å². The largest absolute Gasteiger partial charge is 0.385 e. The third-order valence-corrected chi connectivity index (χ3v) is 1.71. The van der Waals surface area contributed by atoms with Gasteiger partial charge >= 0.3 is 0 Å². The SMILES string of the molecule is CCC[C@@H](N)C(=O)NCC(O)C(F)F. The van der Waals surface area contributed by atoms with Crippen molar-refractivity contribution >= 4 is 5.91 Å². The quantitative estimate of drug-likeness (QED) is 0.571. The van der Waals surface area contributed by atoms with E-state index in [1.807, 2.05) is 6.92 Å². The highest BCUT2D eigenvalue weighted by Gasteiger charge is 2.19. The highest BCUT2D eigenvalue weighted by atomic mass is 19.3. The van der Waals surface area contributed by atoms with E-state index in [9.17, 15) is 13.6 Å². The molecule has 0 bridgehead atoms. The Labute approximate surface area is 81.5 Å². The van der Waals surface area contributed by atoms with Gasteiger partial charge in [0.05, 0.1) is 6.04 Å². The summed E-state index contributed by atoms with van der Waals surface area (Å²) in [5.41, 5.74) is 5.41. The molecule has 0 aromatic heterocycles. The summed E-state index contributed by atoms with van der Waals surface area (Å²) in [7, 11) is 0. The van der Waals surface area contributed by atoms with Gasteiger partial charge in [0.1, 0.15) is 6.10 Å². The number of nitrogens with one attached hydrogen (secondary N) is 1. The molecule has 0 aromatic carbocycles. The van der Waals surface area contributed by atoms with Gasteiger partial charge in [0.2, 0.25) is 5.91 Å². The predicted molar refractivity (Wildman–Crippen MR) is 47.9 cm³/mol. The number of hydrogen-bond donors (Lipinski definition) is 3. The first-order valence-corrected chi connectivity index (χ1v) is 4.48. The van der Waals surface area contributed by atoms with Gasteiger partial charge in [-0.25, -0.2) is 8.78 Å². The maximum absolute atomic E-state index is 11.8. The Morgan fingerprint density at radius 2 is 2.14 bits per heavy atom. The van der Waals surface area contributed by atoms with E-state index in [0.29, 0.717) is 6.42 Å². The first-order valence-electron chi connectivity index (χ1n) is 4.48. The van der Waals surface area contributed by atoms with Gasteiger partial charge in [0, 0.05) is 6.54 Å². The van der Waals surface area contributed by atoms with Gasteiger partial charge in [-0.2, -0.15) is 0 Å². The standard InChI is InChI=1S/C8H16F2N2O2/c1-2-3-5(11)8(14)12-4-6(13)7(9)10/h5-7,13H,2-4,11H2,1H3,(H,12,14)/t5-,6?/m1/s1. The number of nitrogens with two attached hydrogens (primary N) is 1. The van der Waals surface area contributed by atoms with Crippen LogP contribution in [0.4, 0.5) is 8.78 Å². The normalized spacial score (nSPS) is 15.3. The Morgan fingerprint density at radius 3 is 2.57 bits per heavy atom. The molecule has 0 aromatic rings. The second-order valence-electron chi connectivity index (χ2n) is 3.04. The average Bonchev–Trinajstić information content (AvgIpc) is 2.13. The Balaban J connectivity index is 3.73. The van der Waals surface area contributed by atoms with Crippen molar-refractivity contribution in [2.45, 2.75) is 38.3 Å². The van der Waals surface area contributed by atoms with E-state index in [0.717, 1.165) is 6.42 Å². The Kier molecular flexibility index (Phi) is 6.31. The van der Waals surface area contributed by atoms with Gasteiger partial charge in [-0.15, -0.1) is 0 Å². The highest BCUT2D eigenvalue weighted by Crippen LogP contribution is 1.99. The number of hydrogen-bond acceptors (Lipinski definition) is 3. The second kappa shape index (κ2) is 6.67. The maximum Gasteiger partial charge on any atom is 0.265 e. The number of aliphatic hydroxyl groups excluding tert-OH is 1. The molecule has 14 heavy (non-hydrogen) atoms. The molecule has 2 atom stereocenters. The van der Waals surface area contributed by atoms with E-state index < -0.39 is 31.0 Å². The fourth-order valence-corrected chi connectivity index (χ4v) is 0.867. The van der Waals surface area contributed by atoms with Crippen molar-refractivity contribution < 1.29 is 18.7 Å². The summed E-state index contributed by atoms with van der Waals surface area (Å²) in [4.78, 5) is 11.1. The van der Waals surface area contributed by atoms with Crippen molar-refractivity contribution in [3.05, 3.63) is 0 Å². The van der Waals surface area contributed by atoms with Crippen molar-refractivity contribution in [2.24, 2.45) is 5.73 Å². The Bertz CT molecular complexity index is 179. The molecule has 1 amide bonds. The minimum Gasteiger partial charge on any atom is -0.385 e. The van der Waals surface area contributed by atoms with Crippen molar-refractivity contribution in [1.29, 1.82) is 0 Å². The zero-order valence-electron chi connectivity index (χ0n) is 8.04. The average molecular weight is 210 g/mol. The lowest BCUT2D eigenvalue weighted by Crippen LogP contribution is -2.44. The third-order valence-electron chi connectivity index (χ3n) is 1.71. The minimum absolute atomic E-state index is 0.464. The lowest BCUT2D eigenvalue weighted by molar-refractivity contribution is -0.123. The molecule has 0 rings (SSSR count). The summed E-state index contributed by atoms with van der Waals surface area (Å²) < 4.78 is 23.6. The van der Waals surface area contributed by atoms with E-state index in [1.54, 1.807) is 0 Å². The molecular formula is C8H16F2N2O2. The topological polar surface area (TPSA) is 75.4 Å². The molecule has 0 saturated carbocycles. The van der Waals surface area contributed by atoms with Gasteiger partial charge in [-0.3, -0.25) is 4.79 Å². The summed E-state index contributed by atoms with van der Waals surface area (Å²) in [5.74, 6) is -0.508. The van der Waals surface area contributed by atoms with Crippen molar-refractivity contribution in [2.75, 3.05) is 6.54 Å². The van der Waals surface area contributed by atoms with Gasteiger partial charge in [0.15, 0.2) is 0 Å². The number of rotatable bonds is 6. The molecule has 6 heteroatoms. The molecule has 0 saturated heterocycles. The van der Waals surface area contributed by atoms with Gasteiger partial charge in [-0.05, 0) is 6.42 Å². The zero-order chi connectivity index (χ0) is 11.1. The summed E-state index contributed by atoms with van der Waals surface area (Å²) >= 11 is 0. The van der Waals surface area contributed by atoms with Crippen LogP contribution in [-0.4, -0.2) is 36.1 Å². The number of alkyl halides is 2. The summed E-state index contributed by atoms with van der Waals surface area (Å²) in [6.45, 7) is 1.40. The third kappa shape index (κ3) is 5.08. The van der Waals surface area contributed by atoms with E-state index in [2.05, 4.69) is 5.32 Å². The monoisotopic (exact) mass is 210 g/mol. The number of amides is 1.